The number of benzene rings is 1. The monoisotopic (exact) mass is 355 g/mol. The van der Waals surface area contributed by atoms with Crippen molar-refractivity contribution in [3.8, 4) is 0 Å². The molecular weight excluding hydrogens is 330 g/mol. The smallest absolute Gasteiger partial charge is 0.408 e. The fraction of sp³-hybridized carbons (Fsp3) is 0.611. The van der Waals surface area contributed by atoms with Gasteiger partial charge in [-0.3, -0.25) is 0 Å². The zero-order valence-corrected chi connectivity index (χ0v) is 15.4. The number of halogens is 1. The first kappa shape index (κ1) is 19.0. The van der Waals surface area contributed by atoms with E-state index in [9.17, 15) is 9.90 Å². The highest BCUT2D eigenvalue weighted by Crippen LogP contribution is 2.34. The van der Waals surface area contributed by atoms with Gasteiger partial charge in [-0.2, -0.15) is 0 Å². The van der Waals surface area contributed by atoms with Crippen LogP contribution in [0.15, 0.2) is 18.2 Å². The number of carbonyl (C=O) groups is 1. The van der Waals surface area contributed by atoms with Gasteiger partial charge in [-0.05, 0) is 63.8 Å². The molecule has 2 rings (SSSR count). The summed E-state index contributed by atoms with van der Waals surface area (Å²) >= 11 is 6.08. The molecule has 0 aliphatic heterocycles. The Bertz CT molecular complexity index is 583. The second kappa shape index (κ2) is 7.72. The number of carbonyl (C=O) groups excluding carboxylic acids is 1. The van der Waals surface area contributed by atoms with E-state index in [-0.39, 0.29) is 18.8 Å². The quantitative estimate of drug-likeness (QED) is 0.865. The number of nitrogens with one attached hydrogen (secondary N) is 1. The van der Waals surface area contributed by atoms with E-state index in [0.29, 0.717) is 5.02 Å². The van der Waals surface area contributed by atoms with Crippen molar-refractivity contribution in [3.63, 3.8) is 0 Å². The van der Waals surface area contributed by atoms with E-state index in [0.717, 1.165) is 24.0 Å². The zero-order chi connectivity index (χ0) is 17.9. The van der Waals surface area contributed by atoms with Crippen molar-refractivity contribution in [2.75, 3.05) is 6.61 Å². The summed E-state index contributed by atoms with van der Waals surface area (Å²) in [6.45, 7) is 7.36. The standard InChI is InChI=1S/C18H26ClNO4/c1-11(21)10-23-15-8-5-12-9-13(19)6-7-14(12)16(15)20-17(22)24-18(2,3)4/h6-7,9,11,15-16,21H,5,8,10H2,1-4H3,(H,20,22)/t11-,15-,16+/m0/s1. The van der Waals surface area contributed by atoms with Gasteiger partial charge in [0.2, 0.25) is 0 Å². The Hall–Kier alpha value is -1.30. The van der Waals surface area contributed by atoms with E-state index >= 15 is 0 Å². The molecule has 0 aromatic heterocycles. The topological polar surface area (TPSA) is 67.8 Å². The highest BCUT2D eigenvalue weighted by atomic mass is 35.5. The van der Waals surface area contributed by atoms with Crippen LogP contribution in [0.4, 0.5) is 4.79 Å². The molecule has 24 heavy (non-hydrogen) atoms. The third kappa shape index (κ3) is 5.36. The number of aliphatic hydroxyl groups excluding tert-OH is 1. The number of aliphatic hydroxyl groups is 1. The van der Waals surface area contributed by atoms with Crippen LogP contribution in [0.3, 0.4) is 0 Å². The van der Waals surface area contributed by atoms with Crippen LogP contribution in [0, 0.1) is 0 Å². The van der Waals surface area contributed by atoms with Crippen LogP contribution in [-0.4, -0.2) is 35.6 Å². The molecule has 6 heteroatoms. The van der Waals surface area contributed by atoms with Gasteiger partial charge in [-0.1, -0.05) is 17.7 Å². The minimum absolute atomic E-state index is 0.221. The Kier molecular flexibility index (Phi) is 6.12. The molecule has 0 bridgehead atoms. The maximum Gasteiger partial charge on any atom is 0.408 e. The predicted octanol–water partition coefficient (Wildman–Crippen LogP) is 3.62. The lowest BCUT2D eigenvalue weighted by molar-refractivity contribution is -0.0291. The second-order valence-electron chi connectivity index (χ2n) is 7.23. The summed E-state index contributed by atoms with van der Waals surface area (Å²) in [5.74, 6) is 0. The van der Waals surface area contributed by atoms with Crippen LogP contribution in [0.5, 0.6) is 0 Å². The van der Waals surface area contributed by atoms with Gasteiger partial charge < -0.3 is 19.9 Å². The van der Waals surface area contributed by atoms with Crippen LogP contribution >= 0.6 is 11.6 Å². The molecule has 2 N–H and O–H groups in total. The molecule has 0 saturated heterocycles. The van der Waals surface area contributed by atoms with Crippen LogP contribution < -0.4 is 5.32 Å². The third-order valence-corrected chi connectivity index (χ3v) is 3.97. The SMILES string of the molecule is C[C@H](O)CO[C@H]1CCc2cc(Cl)ccc2[C@H]1NC(=O)OC(C)(C)C. The van der Waals surface area contributed by atoms with Crippen molar-refractivity contribution in [2.45, 2.75) is 64.4 Å². The molecule has 1 aromatic rings. The Morgan fingerprint density at radius 3 is 2.79 bits per heavy atom. The normalized spacial score (nSPS) is 21.8. The van der Waals surface area contributed by atoms with Gasteiger partial charge in [-0.15, -0.1) is 0 Å². The molecular formula is C18H26ClNO4. The largest absolute Gasteiger partial charge is 0.444 e. The summed E-state index contributed by atoms with van der Waals surface area (Å²) in [5, 5.41) is 13.1. The first-order valence-corrected chi connectivity index (χ1v) is 8.61. The summed E-state index contributed by atoms with van der Waals surface area (Å²) in [6.07, 6.45) is 0.286. The average molecular weight is 356 g/mol. The summed E-state index contributed by atoms with van der Waals surface area (Å²) in [6, 6.07) is 5.31. The van der Waals surface area contributed by atoms with Crippen LogP contribution in [0.1, 0.15) is 51.3 Å². The average Bonchev–Trinajstić information content (AvgIpc) is 2.43. The van der Waals surface area contributed by atoms with E-state index < -0.39 is 17.8 Å². The fourth-order valence-electron chi connectivity index (χ4n) is 2.81. The molecule has 1 aliphatic rings. The molecule has 1 aliphatic carbocycles. The molecule has 0 fully saturated rings. The van der Waals surface area contributed by atoms with E-state index in [1.807, 2.05) is 32.9 Å². The number of fused-ring (bicyclic) bond motifs is 1. The number of rotatable bonds is 4. The Labute approximate surface area is 148 Å². The fourth-order valence-corrected chi connectivity index (χ4v) is 3.00. The van der Waals surface area contributed by atoms with Crippen molar-refractivity contribution in [3.05, 3.63) is 34.3 Å². The highest BCUT2D eigenvalue weighted by molar-refractivity contribution is 6.30. The van der Waals surface area contributed by atoms with Crippen molar-refractivity contribution in [1.29, 1.82) is 0 Å². The first-order valence-electron chi connectivity index (χ1n) is 8.23. The lowest BCUT2D eigenvalue weighted by Crippen LogP contribution is -2.43. The number of hydrogen-bond acceptors (Lipinski definition) is 4. The molecule has 0 heterocycles. The molecule has 0 radical (unpaired) electrons. The predicted molar refractivity (Wildman–Crippen MR) is 93.3 cm³/mol. The van der Waals surface area contributed by atoms with Gasteiger partial charge in [0.25, 0.3) is 0 Å². The Morgan fingerprint density at radius 1 is 1.46 bits per heavy atom. The van der Waals surface area contributed by atoms with Gasteiger partial charge in [0.05, 0.1) is 24.9 Å². The van der Waals surface area contributed by atoms with Gasteiger partial charge >= 0.3 is 6.09 Å². The number of ether oxygens (including phenoxy) is 2. The van der Waals surface area contributed by atoms with Gasteiger partial charge in [0.15, 0.2) is 0 Å². The van der Waals surface area contributed by atoms with Gasteiger partial charge in [0.1, 0.15) is 5.60 Å². The van der Waals surface area contributed by atoms with E-state index in [1.165, 1.54) is 0 Å². The maximum absolute atomic E-state index is 12.2. The molecule has 0 saturated carbocycles. The molecule has 134 valence electrons. The summed E-state index contributed by atoms with van der Waals surface area (Å²) in [4.78, 5) is 12.2. The van der Waals surface area contributed by atoms with Gasteiger partial charge in [0, 0.05) is 5.02 Å². The molecule has 1 amide bonds. The molecule has 0 spiro atoms. The van der Waals surface area contributed by atoms with Crippen molar-refractivity contribution in [2.24, 2.45) is 0 Å². The minimum atomic E-state index is -0.572. The summed E-state index contributed by atoms with van der Waals surface area (Å²) in [5.41, 5.74) is 1.50. The Morgan fingerprint density at radius 2 is 2.17 bits per heavy atom. The van der Waals surface area contributed by atoms with Crippen molar-refractivity contribution >= 4 is 17.7 Å². The molecule has 5 nitrogen and oxygen atoms in total. The molecule has 3 atom stereocenters. The van der Waals surface area contributed by atoms with E-state index in [2.05, 4.69) is 5.32 Å². The lowest BCUT2D eigenvalue weighted by Gasteiger charge is -2.35. The van der Waals surface area contributed by atoms with Crippen molar-refractivity contribution < 1.29 is 19.4 Å². The zero-order valence-electron chi connectivity index (χ0n) is 14.6. The van der Waals surface area contributed by atoms with Crippen molar-refractivity contribution in [1.82, 2.24) is 5.32 Å². The third-order valence-electron chi connectivity index (χ3n) is 3.73. The highest BCUT2D eigenvalue weighted by Gasteiger charge is 2.33. The first-order chi connectivity index (χ1) is 11.2. The summed E-state index contributed by atoms with van der Waals surface area (Å²) in [7, 11) is 0. The number of alkyl carbamates (subject to hydrolysis) is 1. The minimum Gasteiger partial charge on any atom is -0.444 e. The van der Waals surface area contributed by atoms with Crippen LogP contribution in [0.25, 0.3) is 0 Å². The molecule has 0 unspecified atom stereocenters. The number of amides is 1. The van der Waals surface area contributed by atoms with Gasteiger partial charge in [-0.25, -0.2) is 4.79 Å². The molecule has 1 aromatic carbocycles. The number of hydrogen-bond donors (Lipinski definition) is 2. The van der Waals surface area contributed by atoms with E-state index in [4.69, 9.17) is 21.1 Å². The number of aryl methyl sites for hydroxylation is 1. The second-order valence-corrected chi connectivity index (χ2v) is 7.66. The maximum atomic E-state index is 12.2. The van der Waals surface area contributed by atoms with Crippen LogP contribution in [-0.2, 0) is 15.9 Å². The van der Waals surface area contributed by atoms with Crippen LogP contribution in [0.2, 0.25) is 5.02 Å². The lowest BCUT2D eigenvalue weighted by atomic mass is 9.85. The Balaban J connectivity index is 2.20. The van der Waals surface area contributed by atoms with E-state index in [1.54, 1.807) is 13.0 Å². The summed E-state index contributed by atoms with van der Waals surface area (Å²) < 4.78 is 11.2.